The molecule has 5 aromatic carbocycles. The molecule has 10 aromatic rings. The molecule has 0 saturated heterocycles. The monoisotopic (exact) mass is 1690 g/mol. The molecule has 0 aliphatic carbocycles. The van der Waals surface area contributed by atoms with E-state index < -0.39 is 0 Å². The first-order valence-corrected chi connectivity index (χ1v) is 45.8. The van der Waals surface area contributed by atoms with E-state index in [1.54, 1.807) is 0 Å². The Hall–Kier alpha value is -9.27. The highest BCUT2D eigenvalue weighted by Crippen LogP contribution is 2.40. The van der Waals surface area contributed by atoms with E-state index >= 15 is 0 Å². The van der Waals surface area contributed by atoms with Crippen LogP contribution in [0.5, 0.6) is 0 Å². The molecular weight excluding hydrogens is 1530 g/mol. The lowest BCUT2D eigenvalue weighted by Gasteiger charge is -2.26. The van der Waals surface area contributed by atoms with Crippen LogP contribution in [0.1, 0.15) is 320 Å². The molecule has 5 aromatic heterocycles. The smallest absolute Gasteiger partial charge is 0.253 e. The van der Waals surface area contributed by atoms with Gasteiger partial charge in [0.15, 0.2) is 0 Å². The molecule has 0 aliphatic heterocycles. The standard InChI is InChI=1S/2C23H33NO2.C22H31NO2.C22H31NO.C21H29NO/c1-8-9-10-24-13-20(16(3)17(4)22(24)26)19-11-15(2)21(23(5,6)7)12-18(19)14-25;1-8-9-10-24-13-20(16(3)17(4)22(24)26)18-11-15(2)21(23(5,6)7)19(12-18)14-25;1-7-8-9-23-13-18(11-16(3)21(23)25)17-10-15(2)20(22(4,5)6)19(12-17)14-24;1-8-9-12-23-14-19(16(3)17(4)21(23)24)18-10-11-20(15(2)13-18)22(5,6)7;1-7-8-13-22-14-19(15(2)16(3)20(22)23)17-9-11-18(12-10-17)21(4,5)6/h2*11-13,25H,8-10,14H2,1-7H3;10-13,24H,7-9,14H2,1-6H3;10-11,13-14H,8-9,12H2,1-7H3;9-12,14H,7-8,13H2,1-6H3. The maximum Gasteiger partial charge on any atom is 0.253 e. The van der Waals surface area contributed by atoms with Crippen molar-refractivity contribution in [1.82, 2.24) is 22.8 Å². The molecule has 3 N–H and O–H groups in total. The largest absolute Gasteiger partial charge is 0.392 e. The molecule has 0 unspecified atom stereocenters. The lowest BCUT2D eigenvalue weighted by molar-refractivity contribution is 0.278. The Morgan fingerprint density at radius 3 is 0.903 bits per heavy atom. The van der Waals surface area contributed by atoms with Crippen molar-refractivity contribution in [3.05, 3.63) is 285 Å². The minimum absolute atomic E-state index is 0.00866. The second kappa shape index (κ2) is 44.2. The van der Waals surface area contributed by atoms with Gasteiger partial charge in [-0.1, -0.05) is 237 Å². The van der Waals surface area contributed by atoms with Gasteiger partial charge in [-0.2, -0.15) is 0 Å². The number of rotatable bonds is 23. The molecule has 0 atom stereocenters. The first-order chi connectivity index (χ1) is 57.8. The van der Waals surface area contributed by atoms with E-state index in [2.05, 4.69) is 252 Å². The fourth-order valence-corrected chi connectivity index (χ4v) is 17.3. The average Bonchev–Trinajstić information content (AvgIpc) is 0.786. The molecule has 13 heteroatoms. The molecule has 0 bridgehead atoms. The van der Waals surface area contributed by atoms with Crippen LogP contribution < -0.4 is 27.8 Å². The highest BCUT2D eigenvalue weighted by molar-refractivity contribution is 5.75. The Labute approximate surface area is 746 Å². The number of benzene rings is 5. The minimum atomic E-state index is -0.0223. The number of nitrogens with zero attached hydrogens (tertiary/aromatic N) is 5. The summed E-state index contributed by atoms with van der Waals surface area (Å²) in [6.07, 6.45) is 20.4. The van der Waals surface area contributed by atoms with Gasteiger partial charge in [0.1, 0.15) is 0 Å². The van der Waals surface area contributed by atoms with Crippen LogP contribution in [0.2, 0.25) is 0 Å². The van der Waals surface area contributed by atoms with E-state index in [0.29, 0.717) is 0 Å². The van der Waals surface area contributed by atoms with Crippen LogP contribution in [0.4, 0.5) is 0 Å². The Kier molecular flexibility index (Phi) is 36.9. The van der Waals surface area contributed by atoms with Crippen molar-refractivity contribution in [2.75, 3.05) is 0 Å². The van der Waals surface area contributed by atoms with Crippen molar-refractivity contribution < 1.29 is 15.3 Å². The molecular formula is C111H157N5O8. The molecule has 10 rings (SSSR count). The normalized spacial score (nSPS) is 11.8. The number of hydrogen-bond acceptors (Lipinski definition) is 8. The molecule has 0 aliphatic rings. The van der Waals surface area contributed by atoms with Crippen molar-refractivity contribution >= 4 is 0 Å². The molecule has 0 fully saturated rings. The summed E-state index contributed by atoms with van der Waals surface area (Å²) in [4.78, 5) is 62.5. The highest BCUT2D eigenvalue weighted by Gasteiger charge is 2.27. The number of aromatic nitrogens is 5. The van der Waals surface area contributed by atoms with Gasteiger partial charge in [0, 0.05) is 114 Å². The van der Waals surface area contributed by atoms with Crippen LogP contribution in [0, 0.1) is 90.0 Å². The van der Waals surface area contributed by atoms with E-state index in [0.717, 1.165) is 197 Å². The fraction of sp³-hybridized carbons (Fsp3) is 0.505. The van der Waals surface area contributed by atoms with Crippen LogP contribution in [0.3, 0.4) is 0 Å². The van der Waals surface area contributed by atoms with Crippen molar-refractivity contribution in [3.8, 4) is 55.6 Å². The summed E-state index contributed by atoms with van der Waals surface area (Å²) in [6.45, 7) is 73.8. The van der Waals surface area contributed by atoms with E-state index in [4.69, 9.17) is 0 Å². The zero-order chi connectivity index (χ0) is 93.3. The zero-order valence-corrected chi connectivity index (χ0v) is 82.8. The number of unbranched alkanes of at least 4 members (excludes halogenated alkanes) is 5. The Bertz CT molecular complexity index is 5660. The molecule has 0 amide bonds. The summed E-state index contributed by atoms with van der Waals surface area (Å²) >= 11 is 0. The Morgan fingerprint density at radius 2 is 0.556 bits per heavy atom. The van der Waals surface area contributed by atoms with Crippen molar-refractivity contribution in [2.24, 2.45) is 0 Å². The SMILES string of the molecule is CCCCn1cc(-c2cc(C)c(C(C)(C)C)c(CO)c2)c(C)c(C)c1=O.CCCCn1cc(-c2cc(C)c(C(C)(C)C)c(CO)c2)cc(C)c1=O.CCCCn1cc(-c2cc(C)c(C(C)(C)C)cc2CO)c(C)c(C)c1=O.CCCCn1cc(-c2ccc(C(C)(C)C)c(C)c2)c(C)c(C)c1=O.CCCCn1cc(-c2ccc(C(C)(C)C)cc2)c(C)c(C)c1=O. The van der Waals surface area contributed by atoms with Gasteiger partial charge in [0.25, 0.3) is 27.8 Å². The molecule has 13 nitrogen and oxygen atoms in total. The Morgan fingerprint density at radius 1 is 0.250 bits per heavy atom. The van der Waals surface area contributed by atoms with Gasteiger partial charge >= 0.3 is 0 Å². The predicted octanol–water partition coefficient (Wildman–Crippen LogP) is 25.6. The second-order valence-corrected chi connectivity index (χ2v) is 40.2. The Balaban J connectivity index is 0.000000240. The molecule has 0 radical (unpaired) electrons. The summed E-state index contributed by atoms with van der Waals surface area (Å²) in [6, 6.07) is 30.2. The summed E-state index contributed by atoms with van der Waals surface area (Å²) < 4.78 is 9.24. The van der Waals surface area contributed by atoms with Crippen LogP contribution in [-0.2, 0) is 79.6 Å². The van der Waals surface area contributed by atoms with Gasteiger partial charge in [-0.3, -0.25) is 24.0 Å². The minimum Gasteiger partial charge on any atom is -0.392 e. The zero-order valence-electron chi connectivity index (χ0n) is 82.8. The van der Waals surface area contributed by atoms with Crippen LogP contribution in [0.25, 0.3) is 55.6 Å². The van der Waals surface area contributed by atoms with Crippen molar-refractivity contribution in [2.45, 2.75) is 372 Å². The van der Waals surface area contributed by atoms with Crippen LogP contribution in [0.15, 0.2) is 140 Å². The van der Waals surface area contributed by atoms with Gasteiger partial charge in [-0.15, -0.1) is 0 Å². The number of aliphatic hydroxyl groups excluding tert-OH is 3. The molecule has 5 heterocycles. The first-order valence-electron chi connectivity index (χ1n) is 45.8. The summed E-state index contributed by atoms with van der Waals surface area (Å²) in [7, 11) is 0. The lowest BCUT2D eigenvalue weighted by Crippen LogP contribution is -2.23. The maximum atomic E-state index is 12.6. The predicted molar refractivity (Wildman–Crippen MR) is 528 cm³/mol. The fourth-order valence-electron chi connectivity index (χ4n) is 17.3. The molecule has 0 spiro atoms. The van der Waals surface area contributed by atoms with Crippen molar-refractivity contribution in [1.29, 1.82) is 0 Å². The first kappa shape index (κ1) is 104. The maximum absolute atomic E-state index is 12.6. The van der Waals surface area contributed by atoms with Gasteiger partial charge < -0.3 is 38.2 Å². The van der Waals surface area contributed by atoms with Crippen molar-refractivity contribution in [3.63, 3.8) is 0 Å². The number of aliphatic hydroxyl groups is 3. The average molecular weight is 1690 g/mol. The summed E-state index contributed by atoms with van der Waals surface area (Å²) in [5.74, 6) is 0. The van der Waals surface area contributed by atoms with E-state index in [1.165, 1.54) is 72.3 Å². The van der Waals surface area contributed by atoms with Gasteiger partial charge in [-0.25, -0.2) is 0 Å². The summed E-state index contributed by atoms with van der Waals surface area (Å²) in [5.41, 5.74) is 34.3. The summed E-state index contributed by atoms with van der Waals surface area (Å²) in [5, 5.41) is 29.9. The van der Waals surface area contributed by atoms with Gasteiger partial charge in [-0.05, 0) is 290 Å². The van der Waals surface area contributed by atoms with Gasteiger partial charge in [0.05, 0.1) is 19.8 Å². The highest BCUT2D eigenvalue weighted by atomic mass is 16.3. The third-order valence-corrected chi connectivity index (χ3v) is 24.8. The molecule has 124 heavy (non-hydrogen) atoms. The molecule has 0 saturated carbocycles. The third kappa shape index (κ3) is 25.8. The van der Waals surface area contributed by atoms with Crippen LogP contribution in [-0.4, -0.2) is 38.2 Å². The number of aryl methyl sites for hydroxylation is 10. The van der Waals surface area contributed by atoms with E-state index in [1.807, 2.05) is 115 Å². The molecule has 674 valence electrons. The number of hydrogen-bond donors (Lipinski definition) is 3. The van der Waals surface area contributed by atoms with Crippen LogP contribution >= 0.6 is 0 Å². The number of pyridine rings is 5. The van der Waals surface area contributed by atoms with E-state index in [9.17, 15) is 39.3 Å². The van der Waals surface area contributed by atoms with Gasteiger partial charge in [0.2, 0.25) is 0 Å². The van der Waals surface area contributed by atoms with E-state index in [-0.39, 0.29) is 74.7 Å². The lowest BCUT2D eigenvalue weighted by atomic mass is 9.79. The quantitative estimate of drug-likeness (QED) is 0.0568. The third-order valence-electron chi connectivity index (χ3n) is 24.8. The topological polar surface area (TPSA) is 171 Å². The second-order valence-electron chi connectivity index (χ2n) is 40.2.